The minimum absolute atomic E-state index is 0.0883. The number of anilines is 1. The number of carbonyl (C=O) groups is 1. The number of halogens is 1. The first-order chi connectivity index (χ1) is 21.9. The molecule has 0 atom stereocenters. The fourth-order valence-electron chi connectivity index (χ4n) is 5.14. The minimum Gasteiger partial charge on any atom is -0.493 e. The van der Waals surface area contributed by atoms with Crippen molar-refractivity contribution >= 4 is 34.0 Å². The molecule has 11 nitrogen and oxygen atoms in total. The van der Waals surface area contributed by atoms with E-state index in [1.54, 1.807) is 38.6 Å². The Hall–Kier alpha value is -3.35. The quantitative estimate of drug-likeness (QED) is 0.160. The second kappa shape index (κ2) is 18.0. The summed E-state index contributed by atoms with van der Waals surface area (Å²) in [6.45, 7) is 11.9. The van der Waals surface area contributed by atoms with Gasteiger partial charge in [-0.25, -0.2) is 0 Å². The minimum atomic E-state index is -0.0883. The molecule has 2 aliphatic heterocycles. The maximum atomic E-state index is 11.5. The number of ether oxygens (including phenoxy) is 6. The predicted octanol–water partition coefficient (Wildman–Crippen LogP) is 4.58. The van der Waals surface area contributed by atoms with Crippen LogP contribution in [0, 0.1) is 0 Å². The molecule has 0 radical (unpaired) electrons. The molecule has 2 N–H and O–H groups in total. The topological polar surface area (TPSA) is 118 Å². The third kappa shape index (κ3) is 10.3. The summed E-state index contributed by atoms with van der Waals surface area (Å²) in [5.41, 5.74) is 7.56. The van der Waals surface area contributed by atoms with Gasteiger partial charge in [0.15, 0.2) is 28.8 Å². The van der Waals surface area contributed by atoms with Crippen LogP contribution < -0.4 is 24.7 Å². The number of methoxy groups -OCH3 is 2. The van der Waals surface area contributed by atoms with Crippen molar-refractivity contribution in [3.8, 4) is 23.0 Å². The van der Waals surface area contributed by atoms with Crippen LogP contribution in [0.5, 0.6) is 23.0 Å². The standard InChI is InChI=1S/C17H21ClN2O3.C16H24N2O4/c1-21-16-11-13-14(18)3-4-19-15(13)12-17(16)23-8-2-5-20-6-9-22-10-7-20;1-12(19)13-10-15(20-2)16(11-14(13)17)22-7-3-4-18-5-8-21-9-6-18/h3-4,11-12H,2,5-10H2,1H3;10-11H,3-9,17H2,1-2H3. The van der Waals surface area contributed by atoms with Crippen LogP contribution in [0.3, 0.4) is 0 Å². The zero-order chi connectivity index (χ0) is 32.0. The van der Waals surface area contributed by atoms with E-state index in [0.717, 1.165) is 89.4 Å². The van der Waals surface area contributed by atoms with Gasteiger partial charge in [-0.15, -0.1) is 0 Å². The predicted molar refractivity (Wildman–Crippen MR) is 175 cm³/mol. The summed E-state index contributed by atoms with van der Waals surface area (Å²) >= 11 is 6.20. The highest BCUT2D eigenvalue weighted by atomic mass is 35.5. The number of aromatic nitrogens is 1. The Morgan fingerprint density at radius 3 is 1.91 bits per heavy atom. The van der Waals surface area contributed by atoms with E-state index in [0.29, 0.717) is 52.5 Å². The summed E-state index contributed by atoms with van der Waals surface area (Å²) in [4.78, 5) is 20.6. The molecule has 2 aliphatic rings. The Kier molecular flexibility index (Phi) is 13.8. The van der Waals surface area contributed by atoms with E-state index >= 15 is 0 Å². The average molecular weight is 645 g/mol. The van der Waals surface area contributed by atoms with E-state index in [1.165, 1.54) is 6.92 Å². The summed E-state index contributed by atoms with van der Waals surface area (Å²) in [6, 6.07) is 8.82. The summed E-state index contributed by atoms with van der Waals surface area (Å²) in [5.74, 6) is 2.41. The Balaban J connectivity index is 0.000000205. The summed E-state index contributed by atoms with van der Waals surface area (Å²) < 4.78 is 33.0. The van der Waals surface area contributed by atoms with Crippen LogP contribution in [0.1, 0.15) is 30.1 Å². The highest BCUT2D eigenvalue weighted by Gasteiger charge is 2.15. The first-order valence-electron chi connectivity index (χ1n) is 15.4. The maximum absolute atomic E-state index is 11.5. The second-order valence-corrected chi connectivity index (χ2v) is 11.2. The lowest BCUT2D eigenvalue weighted by molar-refractivity contribution is 0.0357. The van der Waals surface area contributed by atoms with Crippen molar-refractivity contribution in [1.82, 2.24) is 14.8 Å². The normalized spacial score (nSPS) is 15.6. The number of hydrogen-bond acceptors (Lipinski definition) is 11. The lowest BCUT2D eigenvalue weighted by atomic mass is 10.1. The summed E-state index contributed by atoms with van der Waals surface area (Å²) in [5, 5.41) is 1.53. The fourth-order valence-corrected chi connectivity index (χ4v) is 5.34. The van der Waals surface area contributed by atoms with Crippen LogP contribution >= 0.6 is 11.6 Å². The number of hydrogen-bond donors (Lipinski definition) is 1. The number of morpholine rings is 2. The molecule has 1 aromatic heterocycles. The van der Waals surface area contributed by atoms with Crippen LogP contribution in [0.15, 0.2) is 36.5 Å². The van der Waals surface area contributed by atoms with Gasteiger partial charge >= 0.3 is 0 Å². The molecular formula is C33H45ClN4O7. The first kappa shape index (κ1) is 34.5. The van der Waals surface area contributed by atoms with Crippen molar-refractivity contribution < 1.29 is 33.2 Å². The molecule has 12 heteroatoms. The molecule has 3 heterocycles. The molecule has 2 saturated heterocycles. The van der Waals surface area contributed by atoms with E-state index < -0.39 is 0 Å². The van der Waals surface area contributed by atoms with E-state index in [2.05, 4.69) is 14.8 Å². The number of nitrogen functional groups attached to an aromatic ring is 1. The number of rotatable bonds is 13. The zero-order valence-electron chi connectivity index (χ0n) is 26.5. The summed E-state index contributed by atoms with van der Waals surface area (Å²) in [7, 11) is 3.18. The monoisotopic (exact) mass is 644 g/mol. The Morgan fingerprint density at radius 2 is 1.38 bits per heavy atom. The fraction of sp³-hybridized carbons (Fsp3) is 0.515. The highest BCUT2D eigenvalue weighted by Crippen LogP contribution is 2.35. The number of nitrogens with two attached hydrogens (primary N) is 1. The van der Waals surface area contributed by atoms with Crippen molar-refractivity contribution in [2.24, 2.45) is 0 Å². The van der Waals surface area contributed by atoms with Crippen LogP contribution in [0.25, 0.3) is 10.9 Å². The van der Waals surface area contributed by atoms with Crippen LogP contribution in [-0.2, 0) is 9.47 Å². The molecule has 0 bridgehead atoms. The van der Waals surface area contributed by atoms with Gasteiger partial charge in [-0.3, -0.25) is 19.6 Å². The molecule has 2 fully saturated rings. The first-order valence-corrected chi connectivity index (χ1v) is 15.7. The molecule has 2 aromatic carbocycles. The number of nitrogens with zero attached hydrogens (tertiary/aromatic N) is 3. The maximum Gasteiger partial charge on any atom is 0.163 e. The molecule has 0 unspecified atom stereocenters. The third-order valence-corrected chi connectivity index (χ3v) is 7.98. The smallest absolute Gasteiger partial charge is 0.163 e. The van der Waals surface area contributed by atoms with E-state index in [9.17, 15) is 4.79 Å². The molecule has 45 heavy (non-hydrogen) atoms. The van der Waals surface area contributed by atoms with Crippen molar-refractivity contribution in [3.05, 3.63) is 47.1 Å². The van der Waals surface area contributed by atoms with Crippen molar-refractivity contribution in [1.29, 1.82) is 0 Å². The van der Waals surface area contributed by atoms with Gasteiger partial charge in [0, 0.05) is 74.2 Å². The van der Waals surface area contributed by atoms with Gasteiger partial charge in [0.05, 0.1) is 64.4 Å². The van der Waals surface area contributed by atoms with Crippen molar-refractivity contribution in [2.45, 2.75) is 19.8 Å². The number of carbonyl (C=O) groups excluding carboxylic acids is 1. The van der Waals surface area contributed by atoms with Gasteiger partial charge in [0.25, 0.3) is 0 Å². The number of ketones is 1. The van der Waals surface area contributed by atoms with Gasteiger partial charge in [0.2, 0.25) is 0 Å². The molecule has 5 rings (SSSR count). The van der Waals surface area contributed by atoms with Gasteiger partial charge in [0.1, 0.15) is 0 Å². The molecular weight excluding hydrogens is 600 g/mol. The van der Waals surface area contributed by atoms with E-state index in [4.69, 9.17) is 45.8 Å². The van der Waals surface area contributed by atoms with Gasteiger partial charge in [-0.05, 0) is 38.0 Å². The Bertz CT molecular complexity index is 1380. The third-order valence-electron chi connectivity index (χ3n) is 7.65. The number of benzene rings is 2. The van der Waals surface area contributed by atoms with Gasteiger partial charge in [-0.2, -0.15) is 0 Å². The molecule has 0 saturated carbocycles. The van der Waals surface area contributed by atoms with E-state index in [1.807, 2.05) is 12.1 Å². The SMILES string of the molecule is COc1cc(C(C)=O)c(N)cc1OCCCN1CCOCC1.COc1cc2c(Cl)ccnc2cc1OCCCN1CCOCC1. The largest absolute Gasteiger partial charge is 0.493 e. The molecule has 0 spiro atoms. The van der Waals surface area contributed by atoms with Crippen LogP contribution in [0.4, 0.5) is 5.69 Å². The molecule has 246 valence electrons. The zero-order valence-corrected chi connectivity index (χ0v) is 27.3. The van der Waals surface area contributed by atoms with Crippen molar-refractivity contribution in [2.75, 3.05) is 98.9 Å². The number of pyridine rings is 1. The van der Waals surface area contributed by atoms with Crippen molar-refractivity contribution in [3.63, 3.8) is 0 Å². The van der Waals surface area contributed by atoms with E-state index in [-0.39, 0.29) is 5.78 Å². The lowest BCUT2D eigenvalue weighted by Gasteiger charge is -2.26. The van der Waals surface area contributed by atoms with Gasteiger partial charge < -0.3 is 34.2 Å². The number of fused-ring (bicyclic) bond motifs is 1. The Labute approximate surface area is 270 Å². The average Bonchev–Trinajstić information content (AvgIpc) is 3.06. The lowest BCUT2D eigenvalue weighted by Crippen LogP contribution is -2.37. The molecule has 0 amide bonds. The molecule has 3 aromatic rings. The van der Waals surface area contributed by atoms with Gasteiger partial charge in [-0.1, -0.05) is 11.6 Å². The summed E-state index contributed by atoms with van der Waals surface area (Å²) in [6.07, 6.45) is 3.57. The molecule has 0 aliphatic carbocycles. The Morgan fingerprint density at radius 1 is 0.844 bits per heavy atom. The highest BCUT2D eigenvalue weighted by molar-refractivity contribution is 6.35. The van der Waals surface area contributed by atoms with Crippen LogP contribution in [-0.4, -0.2) is 114 Å². The second-order valence-electron chi connectivity index (χ2n) is 10.8. The van der Waals surface area contributed by atoms with Crippen LogP contribution in [0.2, 0.25) is 5.02 Å². The number of Topliss-reactive ketones (excluding diaryl/α,β-unsaturated/α-hetero) is 1.